The minimum Gasteiger partial charge on any atom is -0.338 e. The van der Waals surface area contributed by atoms with Gasteiger partial charge in [-0.3, -0.25) is 0 Å². The highest BCUT2D eigenvalue weighted by Gasteiger charge is 2.12. The Balaban J connectivity index is 1.59. The first-order valence-electron chi connectivity index (χ1n) is 6.52. The fourth-order valence-corrected chi connectivity index (χ4v) is 2.54. The molecule has 1 saturated carbocycles. The summed E-state index contributed by atoms with van der Waals surface area (Å²) in [5.74, 6) is 0.931. The first kappa shape index (κ1) is 11.6. The summed E-state index contributed by atoms with van der Waals surface area (Å²) in [6.45, 7) is 2.29. The fraction of sp³-hybridized carbons (Fsp3) is 0.769. The van der Waals surface area contributed by atoms with Gasteiger partial charge in [-0.1, -0.05) is 19.3 Å². The van der Waals surface area contributed by atoms with Gasteiger partial charge in [0.2, 0.25) is 0 Å². The zero-order valence-corrected chi connectivity index (χ0v) is 10.3. The average molecular weight is 221 g/mol. The topological polar surface area (TPSA) is 29.9 Å². The van der Waals surface area contributed by atoms with E-state index in [1.807, 2.05) is 12.5 Å². The van der Waals surface area contributed by atoms with Gasteiger partial charge in [-0.2, -0.15) is 0 Å². The predicted molar refractivity (Wildman–Crippen MR) is 66.4 cm³/mol. The molecule has 3 nitrogen and oxygen atoms in total. The van der Waals surface area contributed by atoms with E-state index in [-0.39, 0.29) is 0 Å². The van der Waals surface area contributed by atoms with Crippen LogP contribution < -0.4 is 5.32 Å². The van der Waals surface area contributed by atoms with Crippen molar-refractivity contribution < 1.29 is 0 Å². The van der Waals surface area contributed by atoms with E-state index in [4.69, 9.17) is 0 Å². The van der Waals surface area contributed by atoms with Crippen LogP contribution in [0.15, 0.2) is 12.5 Å². The molecule has 0 amide bonds. The van der Waals surface area contributed by atoms with Crippen LogP contribution in [0.5, 0.6) is 0 Å². The second-order valence-electron chi connectivity index (χ2n) is 4.95. The summed E-state index contributed by atoms with van der Waals surface area (Å²) >= 11 is 0. The number of nitrogens with zero attached hydrogens (tertiary/aromatic N) is 2. The second-order valence-corrected chi connectivity index (χ2v) is 4.95. The molecule has 2 rings (SSSR count). The van der Waals surface area contributed by atoms with Crippen molar-refractivity contribution in [3.05, 3.63) is 18.2 Å². The molecule has 0 spiro atoms. The van der Waals surface area contributed by atoms with E-state index in [1.54, 1.807) is 0 Å². The third kappa shape index (κ3) is 3.34. The lowest BCUT2D eigenvalue weighted by molar-refractivity contribution is 0.343. The number of nitrogens with one attached hydrogen (secondary N) is 1. The molecule has 0 atom stereocenters. The third-order valence-electron chi connectivity index (χ3n) is 3.63. The van der Waals surface area contributed by atoms with Crippen LogP contribution in [-0.2, 0) is 13.5 Å². The Morgan fingerprint density at radius 3 is 2.88 bits per heavy atom. The molecule has 0 saturated heterocycles. The van der Waals surface area contributed by atoms with E-state index >= 15 is 0 Å². The maximum atomic E-state index is 4.13. The van der Waals surface area contributed by atoms with Crippen LogP contribution in [0.3, 0.4) is 0 Å². The van der Waals surface area contributed by atoms with Crippen LogP contribution in [0.4, 0.5) is 0 Å². The number of hydrogen-bond donors (Lipinski definition) is 1. The van der Waals surface area contributed by atoms with Gasteiger partial charge in [-0.25, -0.2) is 4.98 Å². The summed E-state index contributed by atoms with van der Waals surface area (Å²) in [5.41, 5.74) is 1.32. The van der Waals surface area contributed by atoms with E-state index in [0.717, 1.165) is 18.9 Å². The SMILES string of the molecule is Cn1cncc1CCNCC1CCCCC1. The molecule has 1 aliphatic carbocycles. The summed E-state index contributed by atoms with van der Waals surface area (Å²) in [5, 5.41) is 3.58. The Hall–Kier alpha value is -0.830. The zero-order chi connectivity index (χ0) is 11.2. The lowest BCUT2D eigenvalue weighted by atomic mass is 9.89. The van der Waals surface area contributed by atoms with Gasteiger partial charge >= 0.3 is 0 Å². The van der Waals surface area contributed by atoms with Crippen molar-refractivity contribution in [1.82, 2.24) is 14.9 Å². The molecule has 0 aromatic carbocycles. The predicted octanol–water partition coefficient (Wildman–Crippen LogP) is 2.13. The molecule has 3 heteroatoms. The molecule has 0 aliphatic heterocycles. The first-order chi connectivity index (χ1) is 7.86. The van der Waals surface area contributed by atoms with Crippen LogP contribution >= 0.6 is 0 Å². The number of hydrogen-bond acceptors (Lipinski definition) is 2. The van der Waals surface area contributed by atoms with Crippen LogP contribution in [0.2, 0.25) is 0 Å². The number of imidazole rings is 1. The van der Waals surface area contributed by atoms with Gasteiger partial charge < -0.3 is 9.88 Å². The zero-order valence-electron chi connectivity index (χ0n) is 10.3. The van der Waals surface area contributed by atoms with Crippen molar-refractivity contribution in [2.75, 3.05) is 13.1 Å². The van der Waals surface area contributed by atoms with Crippen molar-refractivity contribution in [3.8, 4) is 0 Å². The van der Waals surface area contributed by atoms with Crippen molar-refractivity contribution in [2.45, 2.75) is 38.5 Å². The highest BCUT2D eigenvalue weighted by Crippen LogP contribution is 2.22. The standard InChI is InChI=1S/C13H23N3/c1-16-11-15-10-13(16)7-8-14-9-12-5-3-2-4-6-12/h10-12,14H,2-9H2,1H3. The van der Waals surface area contributed by atoms with Gasteiger partial charge in [0, 0.05) is 31.9 Å². The summed E-state index contributed by atoms with van der Waals surface area (Å²) < 4.78 is 2.10. The van der Waals surface area contributed by atoms with Gasteiger partial charge in [0.15, 0.2) is 0 Å². The molecule has 1 heterocycles. The van der Waals surface area contributed by atoms with E-state index in [2.05, 4.69) is 21.9 Å². The Morgan fingerprint density at radius 1 is 1.38 bits per heavy atom. The van der Waals surface area contributed by atoms with E-state index in [0.29, 0.717) is 0 Å². The van der Waals surface area contributed by atoms with Crippen LogP contribution in [0.1, 0.15) is 37.8 Å². The molecular weight excluding hydrogens is 198 g/mol. The molecule has 1 fully saturated rings. The fourth-order valence-electron chi connectivity index (χ4n) is 2.54. The monoisotopic (exact) mass is 221 g/mol. The molecule has 90 valence electrons. The molecule has 1 aromatic heterocycles. The minimum absolute atomic E-state index is 0.931. The summed E-state index contributed by atoms with van der Waals surface area (Å²) in [6, 6.07) is 0. The molecule has 16 heavy (non-hydrogen) atoms. The minimum atomic E-state index is 0.931. The number of aromatic nitrogens is 2. The van der Waals surface area contributed by atoms with E-state index in [1.165, 1.54) is 44.3 Å². The van der Waals surface area contributed by atoms with Crippen LogP contribution in [-0.4, -0.2) is 22.6 Å². The molecular formula is C13H23N3. The Bertz CT molecular complexity index is 300. The molecule has 0 radical (unpaired) electrons. The first-order valence-corrected chi connectivity index (χ1v) is 6.52. The highest BCUT2D eigenvalue weighted by molar-refractivity contribution is 4.97. The Kier molecular flexibility index (Phi) is 4.40. The van der Waals surface area contributed by atoms with Gasteiger partial charge in [-0.05, 0) is 25.3 Å². The van der Waals surface area contributed by atoms with Gasteiger partial charge in [0.1, 0.15) is 0 Å². The van der Waals surface area contributed by atoms with Gasteiger partial charge in [-0.15, -0.1) is 0 Å². The lowest BCUT2D eigenvalue weighted by Gasteiger charge is -2.21. The quantitative estimate of drug-likeness (QED) is 0.772. The maximum absolute atomic E-state index is 4.13. The number of rotatable bonds is 5. The van der Waals surface area contributed by atoms with Gasteiger partial charge in [0.25, 0.3) is 0 Å². The Labute approximate surface area is 98.3 Å². The molecule has 1 aromatic rings. The van der Waals surface area contributed by atoms with Gasteiger partial charge in [0.05, 0.1) is 6.33 Å². The maximum Gasteiger partial charge on any atom is 0.0945 e. The van der Waals surface area contributed by atoms with E-state index < -0.39 is 0 Å². The molecule has 1 aliphatic rings. The van der Waals surface area contributed by atoms with Crippen molar-refractivity contribution in [1.29, 1.82) is 0 Å². The van der Waals surface area contributed by atoms with E-state index in [9.17, 15) is 0 Å². The van der Waals surface area contributed by atoms with Crippen molar-refractivity contribution in [3.63, 3.8) is 0 Å². The molecule has 0 unspecified atom stereocenters. The third-order valence-corrected chi connectivity index (χ3v) is 3.63. The molecule has 1 N–H and O–H groups in total. The second kappa shape index (κ2) is 6.04. The average Bonchev–Trinajstić information content (AvgIpc) is 2.72. The summed E-state index contributed by atoms with van der Waals surface area (Å²) in [6.07, 6.45) is 12.1. The highest BCUT2D eigenvalue weighted by atomic mass is 15.0. The van der Waals surface area contributed by atoms with Crippen molar-refractivity contribution >= 4 is 0 Å². The largest absolute Gasteiger partial charge is 0.338 e. The number of aryl methyl sites for hydroxylation is 1. The summed E-state index contributed by atoms with van der Waals surface area (Å²) in [4.78, 5) is 4.13. The van der Waals surface area contributed by atoms with Crippen LogP contribution in [0.25, 0.3) is 0 Å². The smallest absolute Gasteiger partial charge is 0.0945 e. The Morgan fingerprint density at radius 2 is 2.19 bits per heavy atom. The molecule has 0 bridgehead atoms. The normalized spacial score (nSPS) is 17.8. The summed E-state index contributed by atoms with van der Waals surface area (Å²) in [7, 11) is 2.06. The van der Waals surface area contributed by atoms with Crippen LogP contribution in [0, 0.1) is 5.92 Å². The lowest BCUT2D eigenvalue weighted by Crippen LogP contribution is -2.26. The van der Waals surface area contributed by atoms with Crippen molar-refractivity contribution in [2.24, 2.45) is 13.0 Å².